The molecule has 1 aliphatic heterocycles. The van der Waals surface area contributed by atoms with Gasteiger partial charge in [-0.25, -0.2) is 0 Å². The number of nitrogens with zero attached hydrogens (tertiary/aromatic N) is 1. The minimum atomic E-state index is 0.853. The van der Waals surface area contributed by atoms with Crippen molar-refractivity contribution in [3.05, 3.63) is 18.2 Å². The van der Waals surface area contributed by atoms with E-state index >= 15 is 0 Å². The van der Waals surface area contributed by atoms with Crippen molar-refractivity contribution in [3.63, 3.8) is 0 Å². The fourth-order valence-corrected chi connectivity index (χ4v) is 2.41. The van der Waals surface area contributed by atoms with Gasteiger partial charge in [0.1, 0.15) is 5.75 Å². The van der Waals surface area contributed by atoms with Gasteiger partial charge in [-0.1, -0.05) is 19.3 Å². The number of anilines is 2. The summed E-state index contributed by atoms with van der Waals surface area (Å²) in [7, 11) is 1.70. The van der Waals surface area contributed by atoms with E-state index in [2.05, 4.69) is 11.0 Å². The highest BCUT2D eigenvalue weighted by Gasteiger charge is 2.12. The average molecular weight is 234 g/mol. The molecule has 1 heterocycles. The predicted octanol–water partition coefficient (Wildman–Crippen LogP) is 3.05. The summed E-state index contributed by atoms with van der Waals surface area (Å²) in [6.07, 6.45) is 6.56. The summed E-state index contributed by atoms with van der Waals surface area (Å²) in [5, 5.41) is 0. The van der Waals surface area contributed by atoms with Gasteiger partial charge in [-0.3, -0.25) is 0 Å². The molecule has 1 aromatic rings. The molecule has 17 heavy (non-hydrogen) atoms. The van der Waals surface area contributed by atoms with E-state index in [0.29, 0.717) is 0 Å². The Morgan fingerprint density at radius 3 is 2.35 bits per heavy atom. The number of nitrogens with two attached hydrogens (primary N) is 1. The zero-order valence-corrected chi connectivity index (χ0v) is 10.6. The smallest absolute Gasteiger partial charge is 0.121 e. The Hall–Kier alpha value is -1.38. The first-order valence-electron chi connectivity index (χ1n) is 6.50. The topological polar surface area (TPSA) is 38.5 Å². The van der Waals surface area contributed by atoms with Crippen LogP contribution in [0.2, 0.25) is 0 Å². The Morgan fingerprint density at radius 2 is 1.71 bits per heavy atom. The van der Waals surface area contributed by atoms with E-state index in [4.69, 9.17) is 10.5 Å². The zero-order valence-electron chi connectivity index (χ0n) is 10.6. The summed E-state index contributed by atoms with van der Waals surface area (Å²) in [6.45, 7) is 2.22. The monoisotopic (exact) mass is 234 g/mol. The summed E-state index contributed by atoms with van der Waals surface area (Å²) in [5.41, 5.74) is 8.05. The summed E-state index contributed by atoms with van der Waals surface area (Å²) in [4.78, 5) is 2.40. The van der Waals surface area contributed by atoms with Gasteiger partial charge in [-0.2, -0.15) is 0 Å². The highest BCUT2D eigenvalue weighted by atomic mass is 16.5. The first-order valence-corrected chi connectivity index (χ1v) is 6.50. The summed E-state index contributed by atoms with van der Waals surface area (Å²) >= 11 is 0. The van der Waals surface area contributed by atoms with Crippen molar-refractivity contribution < 1.29 is 4.74 Å². The minimum Gasteiger partial charge on any atom is -0.497 e. The summed E-state index contributed by atoms with van der Waals surface area (Å²) in [6, 6.07) is 5.91. The van der Waals surface area contributed by atoms with Crippen molar-refractivity contribution in [2.24, 2.45) is 0 Å². The summed E-state index contributed by atoms with van der Waals surface area (Å²) < 4.78 is 5.27. The van der Waals surface area contributed by atoms with Crippen LogP contribution >= 0.6 is 0 Å². The van der Waals surface area contributed by atoms with E-state index in [-0.39, 0.29) is 0 Å². The van der Waals surface area contributed by atoms with Crippen LogP contribution in [0.25, 0.3) is 0 Å². The van der Waals surface area contributed by atoms with Gasteiger partial charge in [0.25, 0.3) is 0 Å². The molecule has 1 aromatic carbocycles. The Balaban J connectivity index is 2.17. The molecule has 0 aromatic heterocycles. The van der Waals surface area contributed by atoms with Crippen molar-refractivity contribution in [1.82, 2.24) is 0 Å². The third-order valence-corrected chi connectivity index (χ3v) is 3.43. The van der Waals surface area contributed by atoms with Gasteiger partial charge in [0.15, 0.2) is 0 Å². The Morgan fingerprint density at radius 1 is 1.06 bits per heavy atom. The third-order valence-electron chi connectivity index (χ3n) is 3.43. The van der Waals surface area contributed by atoms with E-state index < -0.39 is 0 Å². The molecule has 1 saturated heterocycles. The predicted molar refractivity (Wildman–Crippen MR) is 72.7 cm³/mol. The second kappa shape index (κ2) is 5.80. The van der Waals surface area contributed by atoms with Gasteiger partial charge in [-0.15, -0.1) is 0 Å². The molecular weight excluding hydrogens is 212 g/mol. The molecule has 0 spiro atoms. The maximum absolute atomic E-state index is 6.07. The standard InChI is InChI=1S/C14H22N2O/c1-17-12-7-8-13(15)14(11-12)16-9-5-3-2-4-6-10-16/h7-8,11H,2-6,9-10,15H2,1H3. The summed E-state index contributed by atoms with van der Waals surface area (Å²) in [5.74, 6) is 0.885. The maximum atomic E-state index is 6.07. The van der Waals surface area contributed by atoms with Crippen LogP contribution in [0.5, 0.6) is 5.75 Å². The lowest BCUT2D eigenvalue weighted by atomic mass is 10.1. The number of benzene rings is 1. The Bertz CT molecular complexity index is 357. The molecule has 0 atom stereocenters. The molecule has 0 bridgehead atoms. The van der Waals surface area contributed by atoms with E-state index in [1.54, 1.807) is 7.11 Å². The fourth-order valence-electron chi connectivity index (χ4n) is 2.41. The van der Waals surface area contributed by atoms with Crippen LogP contribution < -0.4 is 15.4 Å². The molecule has 0 radical (unpaired) electrons. The molecule has 3 heteroatoms. The lowest BCUT2D eigenvalue weighted by Gasteiger charge is -2.28. The molecule has 2 rings (SSSR count). The first kappa shape index (κ1) is 12.1. The number of nitrogen functional groups attached to an aromatic ring is 1. The average Bonchev–Trinajstić information content (AvgIpc) is 2.30. The van der Waals surface area contributed by atoms with Crippen LogP contribution in [-0.4, -0.2) is 20.2 Å². The Kier molecular flexibility index (Phi) is 4.13. The second-order valence-electron chi connectivity index (χ2n) is 4.68. The molecule has 2 N–H and O–H groups in total. The molecule has 94 valence electrons. The molecule has 0 aliphatic carbocycles. The highest BCUT2D eigenvalue weighted by molar-refractivity contribution is 5.69. The molecule has 3 nitrogen and oxygen atoms in total. The van der Waals surface area contributed by atoms with Crippen LogP contribution in [0.15, 0.2) is 18.2 Å². The lowest BCUT2D eigenvalue weighted by molar-refractivity contribution is 0.414. The number of hydrogen-bond donors (Lipinski definition) is 1. The van der Waals surface area contributed by atoms with Gasteiger partial charge >= 0.3 is 0 Å². The van der Waals surface area contributed by atoms with Gasteiger partial charge in [-0.05, 0) is 25.0 Å². The van der Waals surface area contributed by atoms with Crippen molar-refractivity contribution in [1.29, 1.82) is 0 Å². The van der Waals surface area contributed by atoms with Crippen molar-refractivity contribution in [3.8, 4) is 5.75 Å². The van der Waals surface area contributed by atoms with E-state index in [9.17, 15) is 0 Å². The fraction of sp³-hybridized carbons (Fsp3) is 0.571. The normalized spacial score (nSPS) is 17.4. The second-order valence-corrected chi connectivity index (χ2v) is 4.68. The molecular formula is C14H22N2O. The minimum absolute atomic E-state index is 0.853. The van der Waals surface area contributed by atoms with Gasteiger partial charge in [0.2, 0.25) is 0 Å². The number of rotatable bonds is 2. The SMILES string of the molecule is COc1ccc(N)c(N2CCCCCCC2)c1. The van der Waals surface area contributed by atoms with Crippen molar-refractivity contribution in [2.75, 3.05) is 30.8 Å². The van der Waals surface area contributed by atoms with Crippen LogP contribution in [0.1, 0.15) is 32.1 Å². The molecule has 0 saturated carbocycles. The van der Waals surface area contributed by atoms with Crippen LogP contribution in [0.4, 0.5) is 11.4 Å². The van der Waals surface area contributed by atoms with Gasteiger partial charge < -0.3 is 15.4 Å². The molecule has 0 unspecified atom stereocenters. The van der Waals surface area contributed by atoms with E-state index in [0.717, 1.165) is 30.2 Å². The van der Waals surface area contributed by atoms with E-state index in [1.165, 1.54) is 32.1 Å². The lowest BCUT2D eigenvalue weighted by Crippen LogP contribution is -2.27. The number of ether oxygens (including phenoxy) is 1. The number of hydrogen-bond acceptors (Lipinski definition) is 3. The maximum Gasteiger partial charge on any atom is 0.121 e. The zero-order chi connectivity index (χ0) is 12.1. The van der Waals surface area contributed by atoms with Gasteiger partial charge in [0.05, 0.1) is 18.5 Å². The molecule has 1 fully saturated rings. The third kappa shape index (κ3) is 3.05. The largest absolute Gasteiger partial charge is 0.497 e. The molecule has 0 amide bonds. The quantitative estimate of drug-likeness (QED) is 0.799. The highest BCUT2D eigenvalue weighted by Crippen LogP contribution is 2.29. The van der Waals surface area contributed by atoms with Crippen LogP contribution in [0.3, 0.4) is 0 Å². The van der Waals surface area contributed by atoms with E-state index in [1.807, 2.05) is 12.1 Å². The van der Waals surface area contributed by atoms with Crippen molar-refractivity contribution in [2.45, 2.75) is 32.1 Å². The Labute approximate surface area is 104 Å². The van der Waals surface area contributed by atoms with Gasteiger partial charge in [0, 0.05) is 19.2 Å². The number of methoxy groups -OCH3 is 1. The van der Waals surface area contributed by atoms with Crippen LogP contribution in [0, 0.1) is 0 Å². The van der Waals surface area contributed by atoms with Crippen LogP contribution in [-0.2, 0) is 0 Å². The van der Waals surface area contributed by atoms with Crippen molar-refractivity contribution >= 4 is 11.4 Å². The first-order chi connectivity index (χ1) is 8.31. The molecule has 1 aliphatic rings.